The SMILES string of the molecule is CCN1CCC(C(O[Si](C)(C)C(C)(C)C)c2cc(CC(=O)O)c(OCOC)c(CC(=O)OC)c2)S1(=O)=O. The highest BCUT2D eigenvalue weighted by Gasteiger charge is 2.48. The van der Waals surface area contributed by atoms with Gasteiger partial charge in [0.05, 0.1) is 26.1 Å². The van der Waals surface area contributed by atoms with Crippen LogP contribution in [0.4, 0.5) is 0 Å². The Morgan fingerprint density at radius 2 is 1.76 bits per heavy atom. The number of methoxy groups -OCH3 is 2. The van der Waals surface area contributed by atoms with Gasteiger partial charge in [0.15, 0.2) is 15.1 Å². The van der Waals surface area contributed by atoms with Crippen LogP contribution in [0.5, 0.6) is 5.75 Å². The van der Waals surface area contributed by atoms with Gasteiger partial charge in [-0.1, -0.05) is 27.7 Å². The van der Waals surface area contributed by atoms with Gasteiger partial charge in [-0.05, 0) is 42.2 Å². The minimum Gasteiger partial charge on any atom is -0.481 e. The second-order valence-corrected chi connectivity index (χ2v) is 17.6. The third-order valence-corrected chi connectivity index (χ3v) is 14.0. The first kappa shape index (κ1) is 31.2. The Hall–Kier alpha value is -1.99. The number of nitrogens with zero attached hydrogens (tertiary/aromatic N) is 1. The fourth-order valence-corrected chi connectivity index (χ4v) is 7.56. The molecule has 0 aliphatic carbocycles. The maximum absolute atomic E-state index is 13.5. The minimum atomic E-state index is -3.67. The Kier molecular flexibility index (Phi) is 10.3. The molecule has 0 aromatic heterocycles. The summed E-state index contributed by atoms with van der Waals surface area (Å²) in [6, 6.07) is 3.30. The van der Waals surface area contributed by atoms with E-state index in [0.717, 1.165) is 0 Å². The number of aliphatic carboxylic acids is 1. The molecule has 1 saturated heterocycles. The van der Waals surface area contributed by atoms with Crippen molar-refractivity contribution < 1.29 is 41.7 Å². The molecule has 1 aromatic rings. The molecular formula is C25H41NO9SSi. The van der Waals surface area contributed by atoms with Crippen LogP contribution < -0.4 is 4.74 Å². The first-order valence-corrected chi connectivity index (χ1v) is 16.7. The van der Waals surface area contributed by atoms with E-state index in [0.29, 0.717) is 36.2 Å². The summed E-state index contributed by atoms with van der Waals surface area (Å²) < 4.78 is 50.8. The summed E-state index contributed by atoms with van der Waals surface area (Å²) >= 11 is 0. The molecule has 0 bridgehead atoms. The van der Waals surface area contributed by atoms with E-state index in [-0.39, 0.29) is 24.0 Å². The molecule has 0 spiro atoms. The summed E-state index contributed by atoms with van der Waals surface area (Å²) in [4.78, 5) is 24.0. The monoisotopic (exact) mass is 559 g/mol. The minimum absolute atomic E-state index is 0.160. The molecule has 1 fully saturated rings. The molecule has 10 nitrogen and oxygen atoms in total. The van der Waals surface area contributed by atoms with E-state index in [1.807, 2.05) is 13.1 Å². The third kappa shape index (κ3) is 7.32. The van der Waals surface area contributed by atoms with E-state index in [2.05, 4.69) is 20.8 Å². The van der Waals surface area contributed by atoms with E-state index >= 15 is 0 Å². The summed E-state index contributed by atoms with van der Waals surface area (Å²) in [6.45, 7) is 12.7. The average Bonchev–Trinajstić information content (AvgIpc) is 3.08. The first-order chi connectivity index (χ1) is 17.1. The highest BCUT2D eigenvalue weighted by molar-refractivity contribution is 7.90. The van der Waals surface area contributed by atoms with Crippen molar-refractivity contribution in [2.45, 2.75) is 76.4 Å². The summed E-state index contributed by atoms with van der Waals surface area (Å²) in [7, 11) is -3.48. The average molecular weight is 560 g/mol. The maximum Gasteiger partial charge on any atom is 0.310 e. The molecule has 0 saturated carbocycles. The fourth-order valence-electron chi connectivity index (χ4n) is 4.14. The Labute approximate surface area is 221 Å². The van der Waals surface area contributed by atoms with Crippen LogP contribution in [0.25, 0.3) is 0 Å². The summed E-state index contributed by atoms with van der Waals surface area (Å²) in [6.07, 6.45) is -1.08. The van der Waals surface area contributed by atoms with Crippen LogP contribution in [-0.4, -0.2) is 77.4 Å². The summed E-state index contributed by atoms with van der Waals surface area (Å²) in [5.74, 6) is -1.45. The van der Waals surface area contributed by atoms with Crippen molar-refractivity contribution in [1.29, 1.82) is 0 Å². The molecule has 1 aromatic carbocycles. The molecule has 12 heteroatoms. The number of rotatable bonds is 12. The number of sulfonamides is 1. The number of carboxylic acids is 1. The molecule has 2 atom stereocenters. The largest absolute Gasteiger partial charge is 0.481 e. The van der Waals surface area contributed by atoms with Crippen molar-refractivity contribution in [3.05, 3.63) is 28.8 Å². The van der Waals surface area contributed by atoms with Gasteiger partial charge in [-0.15, -0.1) is 0 Å². The molecule has 0 radical (unpaired) electrons. The predicted molar refractivity (Wildman–Crippen MR) is 142 cm³/mol. The van der Waals surface area contributed by atoms with E-state index < -0.39 is 48.1 Å². The number of carbonyl (C=O) groups is 2. The smallest absolute Gasteiger partial charge is 0.310 e. The van der Waals surface area contributed by atoms with Crippen LogP contribution in [0, 0.1) is 0 Å². The lowest BCUT2D eigenvalue weighted by atomic mass is 9.95. The quantitative estimate of drug-likeness (QED) is 0.232. The van der Waals surface area contributed by atoms with Crippen molar-refractivity contribution in [2.75, 3.05) is 34.1 Å². The Morgan fingerprint density at radius 1 is 1.16 bits per heavy atom. The molecule has 1 N–H and O–H groups in total. The van der Waals surface area contributed by atoms with Gasteiger partial charge in [0.2, 0.25) is 10.0 Å². The third-order valence-electron chi connectivity index (χ3n) is 7.14. The zero-order chi connectivity index (χ0) is 28.2. The van der Waals surface area contributed by atoms with E-state index in [1.165, 1.54) is 18.5 Å². The van der Waals surface area contributed by atoms with Crippen LogP contribution in [0.1, 0.15) is 56.9 Å². The lowest BCUT2D eigenvalue weighted by Gasteiger charge is -2.41. The van der Waals surface area contributed by atoms with Gasteiger partial charge in [0.1, 0.15) is 11.0 Å². The van der Waals surface area contributed by atoms with Gasteiger partial charge < -0.3 is 23.7 Å². The van der Waals surface area contributed by atoms with Gasteiger partial charge >= 0.3 is 11.9 Å². The van der Waals surface area contributed by atoms with E-state index in [1.54, 1.807) is 19.1 Å². The second kappa shape index (κ2) is 12.2. The van der Waals surface area contributed by atoms with Crippen LogP contribution in [0.15, 0.2) is 12.1 Å². The number of hydrogen-bond donors (Lipinski definition) is 1. The lowest BCUT2D eigenvalue weighted by Crippen LogP contribution is -2.45. The topological polar surface area (TPSA) is 129 Å². The number of ether oxygens (including phenoxy) is 3. The summed E-state index contributed by atoms with van der Waals surface area (Å²) in [5, 5.41) is 8.55. The first-order valence-electron chi connectivity index (χ1n) is 12.3. The van der Waals surface area contributed by atoms with Crippen LogP contribution in [0.2, 0.25) is 18.1 Å². The maximum atomic E-state index is 13.5. The van der Waals surface area contributed by atoms with Crippen molar-refractivity contribution in [1.82, 2.24) is 4.31 Å². The predicted octanol–water partition coefficient (Wildman–Crippen LogP) is 3.50. The normalized spacial score (nSPS) is 19.0. The second-order valence-electron chi connectivity index (χ2n) is 10.7. The molecular weight excluding hydrogens is 518 g/mol. The highest BCUT2D eigenvalue weighted by atomic mass is 32.2. The standard InChI is InChI=1S/C25H41NO9SSi/c1-9-26-11-10-20(36(26,30)31)24(35-37(7,8)25(2,3)4)17-12-18(14-21(27)28)23(34-16-32-5)19(13-17)15-22(29)33-6/h12-13,20,24H,9-11,14-16H2,1-8H3,(H,27,28). The van der Waals surface area contributed by atoms with Gasteiger partial charge in [0, 0.05) is 31.3 Å². The van der Waals surface area contributed by atoms with Crippen molar-refractivity contribution >= 4 is 30.3 Å². The van der Waals surface area contributed by atoms with Gasteiger partial charge in [-0.3, -0.25) is 9.59 Å². The van der Waals surface area contributed by atoms with Crippen molar-refractivity contribution in [3.8, 4) is 5.75 Å². The fraction of sp³-hybridized carbons (Fsp3) is 0.680. The molecule has 1 heterocycles. The van der Waals surface area contributed by atoms with Gasteiger partial charge in [-0.2, -0.15) is 0 Å². The van der Waals surface area contributed by atoms with Crippen molar-refractivity contribution in [3.63, 3.8) is 0 Å². The van der Waals surface area contributed by atoms with Gasteiger partial charge in [-0.25, -0.2) is 12.7 Å². The van der Waals surface area contributed by atoms with Gasteiger partial charge in [0.25, 0.3) is 0 Å². The molecule has 1 aliphatic rings. The van der Waals surface area contributed by atoms with Crippen LogP contribution in [0.3, 0.4) is 0 Å². The van der Waals surface area contributed by atoms with Crippen molar-refractivity contribution in [2.24, 2.45) is 0 Å². The number of hydrogen-bond acceptors (Lipinski definition) is 8. The molecule has 210 valence electrons. The Bertz CT molecular complexity index is 1080. The Balaban J connectivity index is 2.80. The number of esters is 1. The van der Waals surface area contributed by atoms with Crippen LogP contribution >= 0.6 is 0 Å². The number of carbonyl (C=O) groups excluding carboxylic acids is 1. The zero-order valence-corrected chi connectivity index (χ0v) is 24.9. The van der Waals surface area contributed by atoms with Crippen LogP contribution in [-0.2, 0) is 46.4 Å². The molecule has 2 rings (SSSR count). The molecule has 1 aliphatic heterocycles. The molecule has 37 heavy (non-hydrogen) atoms. The summed E-state index contributed by atoms with van der Waals surface area (Å²) in [5.41, 5.74) is 1.17. The number of benzene rings is 1. The highest BCUT2D eigenvalue weighted by Crippen LogP contribution is 2.45. The van der Waals surface area contributed by atoms with E-state index in [4.69, 9.17) is 18.6 Å². The number of carboxylic acid groups (broad SMARTS) is 1. The van der Waals surface area contributed by atoms with E-state index in [9.17, 15) is 23.1 Å². The lowest BCUT2D eigenvalue weighted by molar-refractivity contribution is -0.140. The molecule has 0 amide bonds. The zero-order valence-electron chi connectivity index (χ0n) is 23.1. The Morgan fingerprint density at radius 3 is 2.22 bits per heavy atom. The molecule has 2 unspecified atom stereocenters.